The molecule has 0 amide bonds. The number of aromatic nitrogens is 3. The predicted octanol–water partition coefficient (Wildman–Crippen LogP) is 2.48. The second-order valence-electron chi connectivity index (χ2n) is 6.76. The first-order valence-electron chi connectivity index (χ1n) is 9.43. The summed E-state index contributed by atoms with van der Waals surface area (Å²) in [6.07, 6.45) is 3.68. The van der Waals surface area contributed by atoms with Gasteiger partial charge in [0.25, 0.3) is 0 Å². The SMILES string of the molecule is CC(NP(=O)(CCCNCc1c[nH]c2c(O)ncnc12)Oc1ccccc1)C(=O)O. The fourth-order valence-electron chi connectivity index (χ4n) is 2.89. The van der Waals surface area contributed by atoms with E-state index in [9.17, 15) is 14.5 Å². The Hall–Kier alpha value is -2.94. The normalized spacial score (nSPS) is 14.3. The molecule has 0 bridgehead atoms. The second kappa shape index (κ2) is 9.71. The Morgan fingerprint density at radius 1 is 1.30 bits per heavy atom. The van der Waals surface area contributed by atoms with Crippen molar-refractivity contribution in [3.8, 4) is 11.6 Å². The van der Waals surface area contributed by atoms with Crippen LogP contribution in [0, 0.1) is 0 Å². The molecule has 2 atom stereocenters. The highest BCUT2D eigenvalue weighted by Crippen LogP contribution is 2.44. The molecule has 0 radical (unpaired) electrons. The number of nitrogens with zero attached hydrogens (tertiary/aromatic N) is 2. The highest BCUT2D eigenvalue weighted by atomic mass is 31.2. The number of rotatable bonds is 11. The molecule has 2 unspecified atom stereocenters. The van der Waals surface area contributed by atoms with E-state index >= 15 is 0 Å². The van der Waals surface area contributed by atoms with Gasteiger partial charge in [0, 0.05) is 18.3 Å². The standard InChI is InChI=1S/C19H24N5O5P/c1-13(19(26)27)24-30(28,29-15-6-3-2-4-7-15)9-5-8-20-10-14-11-21-17-16(14)22-12-23-18(17)25/h2-4,6-7,11-13,20-21H,5,8-10H2,1H3,(H,24,28)(H,26,27)(H,22,23,25). The number of H-pyrrole nitrogens is 1. The quantitative estimate of drug-likeness (QED) is 0.227. The van der Waals surface area contributed by atoms with Gasteiger partial charge >= 0.3 is 13.5 Å². The lowest BCUT2D eigenvalue weighted by molar-refractivity contribution is -0.138. The number of benzene rings is 1. The Morgan fingerprint density at radius 2 is 2.07 bits per heavy atom. The highest BCUT2D eigenvalue weighted by Gasteiger charge is 2.29. The van der Waals surface area contributed by atoms with Crippen molar-refractivity contribution < 1.29 is 24.1 Å². The summed E-state index contributed by atoms with van der Waals surface area (Å²) in [5.74, 6) is -0.796. The van der Waals surface area contributed by atoms with Crippen molar-refractivity contribution in [2.45, 2.75) is 25.9 Å². The van der Waals surface area contributed by atoms with Gasteiger partial charge in [-0.05, 0) is 32.0 Å². The monoisotopic (exact) mass is 433 g/mol. The zero-order valence-corrected chi connectivity index (χ0v) is 17.3. The number of hydrogen-bond acceptors (Lipinski definition) is 7. The van der Waals surface area contributed by atoms with Gasteiger partial charge in [0.05, 0.1) is 11.7 Å². The molecule has 3 aromatic rings. The van der Waals surface area contributed by atoms with Crippen molar-refractivity contribution >= 4 is 24.5 Å². The highest BCUT2D eigenvalue weighted by molar-refractivity contribution is 7.57. The number of aromatic amines is 1. The van der Waals surface area contributed by atoms with E-state index in [1.807, 2.05) is 6.07 Å². The van der Waals surface area contributed by atoms with Gasteiger partial charge < -0.3 is 25.0 Å². The molecule has 1 aromatic carbocycles. The van der Waals surface area contributed by atoms with E-state index in [1.165, 1.54) is 13.3 Å². The van der Waals surface area contributed by atoms with Crippen LogP contribution in [0.15, 0.2) is 42.9 Å². The van der Waals surface area contributed by atoms with Crippen molar-refractivity contribution in [3.05, 3.63) is 48.4 Å². The number of carbonyl (C=O) groups is 1. The lowest BCUT2D eigenvalue weighted by Crippen LogP contribution is -2.34. The van der Waals surface area contributed by atoms with Crippen LogP contribution in [0.3, 0.4) is 0 Å². The lowest BCUT2D eigenvalue weighted by atomic mass is 10.3. The van der Waals surface area contributed by atoms with Crippen LogP contribution in [0.1, 0.15) is 18.9 Å². The van der Waals surface area contributed by atoms with E-state index in [-0.39, 0.29) is 12.0 Å². The first-order valence-corrected chi connectivity index (χ1v) is 11.2. The maximum absolute atomic E-state index is 13.2. The van der Waals surface area contributed by atoms with Crippen LogP contribution in [0.4, 0.5) is 0 Å². The zero-order valence-electron chi connectivity index (χ0n) is 16.4. The zero-order chi connectivity index (χ0) is 21.6. The van der Waals surface area contributed by atoms with Gasteiger partial charge in [-0.1, -0.05) is 18.2 Å². The van der Waals surface area contributed by atoms with Gasteiger partial charge in [-0.3, -0.25) is 9.36 Å². The number of aliphatic carboxylic acids is 1. The first-order chi connectivity index (χ1) is 14.4. The van der Waals surface area contributed by atoms with Gasteiger partial charge in [-0.15, -0.1) is 0 Å². The van der Waals surface area contributed by atoms with Crippen LogP contribution >= 0.6 is 7.52 Å². The topological polar surface area (TPSA) is 149 Å². The summed E-state index contributed by atoms with van der Waals surface area (Å²) in [7, 11) is -3.43. The molecule has 3 rings (SSSR count). The van der Waals surface area contributed by atoms with Crippen LogP contribution in [0.25, 0.3) is 11.0 Å². The molecule has 0 aliphatic heterocycles. The fraction of sp³-hybridized carbons (Fsp3) is 0.316. The van der Waals surface area contributed by atoms with Crippen LogP contribution in [0.5, 0.6) is 11.6 Å². The van der Waals surface area contributed by atoms with Crippen molar-refractivity contribution in [3.63, 3.8) is 0 Å². The predicted molar refractivity (Wildman–Crippen MR) is 112 cm³/mol. The summed E-state index contributed by atoms with van der Waals surface area (Å²) in [4.78, 5) is 22.0. The molecule has 0 aliphatic rings. The molecule has 160 valence electrons. The molecule has 0 aliphatic carbocycles. The summed E-state index contributed by atoms with van der Waals surface area (Å²) < 4.78 is 18.9. The molecular formula is C19H24N5O5P. The number of aromatic hydroxyl groups is 1. The smallest absolute Gasteiger partial charge is 0.320 e. The summed E-state index contributed by atoms with van der Waals surface area (Å²) in [6, 6.07) is 7.66. The van der Waals surface area contributed by atoms with Crippen molar-refractivity contribution in [1.29, 1.82) is 0 Å². The molecule has 30 heavy (non-hydrogen) atoms. The summed E-state index contributed by atoms with van der Waals surface area (Å²) in [6.45, 7) is 2.43. The third-order valence-corrected chi connectivity index (χ3v) is 6.59. The largest absolute Gasteiger partial charge is 0.492 e. The lowest BCUT2D eigenvalue weighted by Gasteiger charge is -2.22. The molecule has 2 aromatic heterocycles. The molecule has 2 heterocycles. The van der Waals surface area contributed by atoms with Gasteiger partial charge in [-0.25, -0.2) is 15.1 Å². The van der Waals surface area contributed by atoms with Crippen molar-refractivity contribution in [2.24, 2.45) is 0 Å². The summed E-state index contributed by atoms with van der Waals surface area (Å²) in [5, 5.41) is 24.7. The van der Waals surface area contributed by atoms with Crippen LogP contribution in [-0.4, -0.2) is 49.9 Å². The second-order valence-corrected chi connectivity index (χ2v) is 8.99. The Balaban J connectivity index is 1.56. The minimum Gasteiger partial charge on any atom is -0.492 e. The number of carboxylic acid groups (broad SMARTS) is 1. The Kier molecular flexibility index (Phi) is 7.04. The van der Waals surface area contributed by atoms with Gasteiger partial charge in [0.15, 0.2) is 0 Å². The minimum atomic E-state index is -3.43. The number of nitrogens with one attached hydrogen (secondary N) is 3. The van der Waals surface area contributed by atoms with Crippen LogP contribution in [-0.2, 0) is 15.9 Å². The number of para-hydroxylation sites is 1. The molecule has 11 heteroatoms. The van der Waals surface area contributed by atoms with Gasteiger partial charge in [-0.2, -0.15) is 0 Å². The van der Waals surface area contributed by atoms with E-state index in [0.29, 0.717) is 36.3 Å². The Labute approximate surface area is 173 Å². The number of fused-ring (bicyclic) bond motifs is 1. The Morgan fingerprint density at radius 3 is 2.80 bits per heavy atom. The van der Waals surface area contributed by atoms with Crippen LogP contribution < -0.4 is 14.9 Å². The Bertz CT molecular complexity index is 1040. The number of carboxylic acids is 1. The van der Waals surface area contributed by atoms with E-state index in [1.54, 1.807) is 30.5 Å². The molecule has 0 saturated heterocycles. The minimum absolute atomic E-state index is 0.108. The average Bonchev–Trinajstić information content (AvgIpc) is 3.13. The van der Waals surface area contributed by atoms with Crippen LogP contribution in [0.2, 0.25) is 0 Å². The summed E-state index contributed by atoms with van der Waals surface area (Å²) in [5.41, 5.74) is 1.97. The average molecular weight is 433 g/mol. The molecule has 10 nitrogen and oxygen atoms in total. The molecule has 0 saturated carbocycles. The maximum Gasteiger partial charge on any atom is 0.320 e. The van der Waals surface area contributed by atoms with Gasteiger partial charge in [0.2, 0.25) is 5.88 Å². The first kappa shape index (κ1) is 21.8. The summed E-state index contributed by atoms with van der Waals surface area (Å²) >= 11 is 0. The van der Waals surface area contributed by atoms with E-state index in [0.717, 1.165) is 5.56 Å². The van der Waals surface area contributed by atoms with Gasteiger partial charge in [0.1, 0.15) is 23.6 Å². The molecule has 5 N–H and O–H groups in total. The molecule has 0 fully saturated rings. The molecule has 0 spiro atoms. The third-order valence-electron chi connectivity index (χ3n) is 4.40. The van der Waals surface area contributed by atoms with Crippen molar-refractivity contribution in [2.75, 3.05) is 12.7 Å². The third kappa shape index (κ3) is 5.56. The van der Waals surface area contributed by atoms with E-state index in [4.69, 9.17) is 9.63 Å². The molecular weight excluding hydrogens is 409 g/mol. The van der Waals surface area contributed by atoms with E-state index in [2.05, 4.69) is 25.4 Å². The maximum atomic E-state index is 13.2. The number of hydrogen-bond donors (Lipinski definition) is 5. The van der Waals surface area contributed by atoms with E-state index < -0.39 is 19.5 Å². The fourth-order valence-corrected chi connectivity index (χ4v) is 4.90. The van der Waals surface area contributed by atoms with Crippen molar-refractivity contribution in [1.82, 2.24) is 25.4 Å².